The van der Waals surface area contributed by atoms with Crippen molar-refractivity contribution in [3.8, 4) is 0 Å². The van der Waals surface area contributed by atoms with E-state index in [9.17, 15) is 5.11 Å². The predicted octanol–water partition coefficient (Wildman–Crippen LogP) is 3.64. The molecule has 1 N–H and O–H groups in total. The van der Waals surface area contributed by atoms with Gasteiger partial charge in [0.1, 0.15) is 0 Å². The number of benzene rings is 1. The van der Waals surface area contributed by atoms with Crippen LogP contribution in [0.3, 0.4) is 0 Å². The van der Waals surface area contributed by atoms with Crippen molar-refractivity contribution < 1.29 is 5.11 Å². The molecule has 0 saturated heterocycles. The summed E-state index contributed by atoms with van der Waals surface area (Å²) in [6.45, 7) is 8.15. The smallest absolute Gasteiger partial charge is 0.0862 e. The van der Waals surface area contributed by atoms with Crippen molar-refractivity contribution in [3.05, 3.63) is 53.1 Å². The molecule has 1 aromatic rings. The van der Waals surface area contributed by atoms with E-state index in [2.05, 4.69) is 38.1 Å². The summed E-state index contributed by atoms with van der Waals surface area (Å²) in [5.41, 5.74) is 4.33. The van der Waals surface area contributed by atoms with Gasteiger partial charge in [0.25, 0.3) is 0 Å². The molecule has 0 radical (unpaired) electrons. The molecule has 0 amide bonds. The molecule has 1 nitrogen and oxygen atoms in total. The van der Waals surface area contributed by atoms with Crippen LogP contribution in [0.1, 0.15) is 30.5 Å². The van der Waals surface area contributed by atoms with Crippen LogP contribution in [-0.2, 0) is 0 Å². The fourth-order valence-corrected chi connectivity index (χ4v) is 2.02. The summed E-state index contributed by atoms with van der Waals surface area (Å²) in [5, 5.41) is 10.1. The van der Waals surface area contributed by atoms with Gasteiger partial charge in [0.05, 0.1) is 5.60 Å². The SMILES string of the molecule is Cc1ccc(C2=CC(C)C(C)(O)C=C2)cc1C. The number of aliphatic hydroxyl groups is 1. The highest BCUT2D eigenvalue weighted by Crippen LogP contribution is 2.31. The first kappa shape index (κ1) is 12.1. The van der Waals surface area contributed by atoms with Crippen LogP contribution in [0, 0.1) is 19.8 Å². The van der Waals surface area contributed by atoms with E-state index in [0.29, 0.717) is 0 Å². The van der Waals surface area contributed by atoms with E-state index in [0.717, 1.165) is 0 Å². The van der Waals surface area contributed by atoms with Crippen molar-refractivity contribution in [1.29, 1.82) is 0 Å². The molecule has 2 unspecified atom stereocenters. The molecule has 2 atom stereocenters. The maximum atomic E-state index is 10.1. The third-order valence-corrected chi connectivity index (χ3v) is 3.79. The Morgan fingerprint density at radius 1 is 1.18 bits per heavy atom. The second kappa shape index (κ2) is 4.15. The van der Waals surface area contributed by atoms with E-state index in [1.807, 2.05) is 26.0 Å². The van der Waals surface area contributed by atoms with Crippen LogP contribution in [0.4, 0.5) is 0 Å². The largest absolute Gasteiger partial charge is 0.385 e. The average molecular weight is 228 g/mol. The van der Waals surface area contributed by atoms with Crippen LogP contribution in [0.2, 0.25) is 0 Å². The van der Waals surface area contributed by atoms with Gasteiger partial charge in [0.15, 0.2) is 0 Å². The molecule has 1 aromatic carbocycles. The second-order valence-corrected chi connectivity index (χ2v) is 5.27. The Balaban J connectivity index is 2.37. The molecule has 0 heterocycles. The lowest BCUT2D eigenvalue weighted by Crippen LogP contribution is -2.30. The summed E-state index contributed by atoms with van der Waals surface area (Å²) in [6.07, 6.45) is 6.05. The molecule has 0 fully saturated rings. The highest BCUT2D eigenvalue weighted by atomic mass is 16.3. The molecule has 1 aliphatic rings. The van der Waals surface area contributed by atoms with Gasteiger partial charge in [-0.2, -0.15) is 0 Å². The summed E-state index contributed by atoms with van der Waals surface area (Å²) in [4.78, 5) is 0. The zero-order valence-electron chi connectivity index (χ0n) is 11.0. The van der Waals surface area contributed by atoms with Crippen molar-refractivity contribution in [2.24, 2.45) is 5.92 Å². The molecule has 1 heteroatoms. The quantitative estimate of drug-likeness (QED) is 0.778. The molecule has 0 aliphatic heterocycles. The third-order valence-electron chi connectivity index (χ3n) is 3.79. The van der Waals surface area contributed by atoms with Crippen molar-refractivity contribution in [1.82, 2.24) is 0 Å². The fourth-order valence-electron chi connectivity index (χ4n) is 2.02. The lowest BCUT2D eigenvalue weighted by atomic mass is 9.82. The Bertz CT molecular complexity index is 492. The van der Waals surface area contributed by atoms with E-state index >= 15 is 0 Å². The van der Waals surface area contributed by atoms with Crippen LogP contribution in [-0.4, -0.2) is 10.7 Å². The average Bonchev–Trinajstić information content (AvgIpc) is 2.26. The van der Waals surface area contributed by atoms with E-state index in [-0.39, 0.29) is 5.92 Å². The normalized spacial score (nSPS) is 28.1. The maximum Gasteiger partial charge on any atom is 0.0862 e. The lowest BCUT2D eigenvalue weighted by Gasteiger charge is -2.29. The number of rotatable bonds is 1. The van der Waals surface area contributed by atoms with Gasteiger partial charge in [0.2, 0.25) is 0 Å². The first-order valence-electron chi connectivity index (χ1n) is 6.11. The predicted molar refractivity (Wildman–Crippen MR) is 72.8 cm³/mol. The van der Waals surface area contributed by atoms with Gasteiger partial charge in [-0.25, -0.2) is 0 Å². The zero-order valence-corrected chi connectivity index (χ0v) is 11.0. The number of hydrogen-bond donors (Lipinski definition) is 1. The first-order chi connectivity index (χ1) is 7.90. The van der Waals surface area contributed by atoms with Crippen LogP contribution in [0.15, 0.2) is 36.4 Å². The lowest BCUT2D eigenvalue weighted by molar-refractivity contribution is 0.0734. The highest BCUT2D eigenvalue weighted by molar-refractivity contribution is 5.76. The topological polar surface area (TPSA) is 20.2 Å². The van der Waals surface area contributed by atoms with Crippen molar-refractivity contribution in [3.63, 3.8) is 0 Å². The molecule has 0 bridgehead atoms. The summed E-state index contributed by atoms with van der Waals surface area (Å²) >= 11 is 0. The Kier molecular flexibility index (Phi) is 2.96. The Labute approximate surface area is 103 Å². The Morgan fingerprint density at radius 3 is 2.47 bits per heavy atom. The first-order valence-corrected chi connectivity index (χ1v) is 6.11. The van der Waals surface area contributed by atoms with Crippen LogP contribution in [0.5, 0.6) is 0 Å². The molecule has 0 saturated carbocycles. The summed E-state index contributed by atoms with van der Waals surface area (Å²) in [7, 11) is 0. The van der Waals surface area contributed by atoms with Gasteiger partial charge in [0, 0.05) is 5.92 Å². The van der Waals surface area contributed by atoms with E-state index in [4.69, 9.17) is 0 Å². The monoisotopic (exact) mass is 228 g/mol. The summed E-state index contributed by atoms with van der Waals surface area (Å²) in [6, 6.07) is 6.50. The summed E-state index contributed by atoms with van der Waals surface area (Å²) in [5.74, 6) is 0.143. The van der Waals surface area contributed by atoms with E-state index in [1.165, 1.54) is 22.3 Å². The zero-order chi connectivity index (χ0) is 12.6. The highest BCUT2D eigenvalue weighted by Gasteiger charge is 2.26. The van der Waals surface area contributed by atoms with Gasteiger partial charge in [-0.3, -0.25) is 0 Å². The summed E-state index contributed by atoms with van der Waals surface area (Å²) < 4.78 is 0. The minimum absolute atomic E-state index is 0.143. The minimum atomic E-state index is -0.719. The van der Waals surface area contributed by atoms with Gasteiger partial charge < -0.3 is 5.11 Å². The third kappa shape index (κ3) is 2.34. The van der Waals surface area contributed by atoms with Gasteiger partial charge in [-0.1, -0.05) is 43.4 Å². The molecule has 90 valence electrons. The van der Waals surface area contributed by atoms with Crippen molar-refractivity contribution in [2.75, 3.05) is 0 Å². The molecule has 1 aliphatic carbocycles. The fraction of sp³-hybridized carbons (Fsp3) is 0.375. The molecule has 0 spiro atoms. The standard InChI is InChI=1S/C16H20O/c1-11-5-6-14(9-12(11)2)15-7-8-16(4,17)13(3)10-15/h5-10,13,17H,1-4H3. The van der Waals surface area contributed by atoms with Crippen molar-refractivity contribution in [2.45, 2.75) is 33.3 Å². The Hall–Kier alpha value is -1.34. The number of allylic oxidation sites excluding steroid dienone is 2. The molecule has 17 heavy (non-hydrogen) atoms. The molecule has 2 rings (SSSR count). The number of hydrogen-bond acceptors (Lipinski definition) is 1. The van der Waals surface area contributed by atoms with Crippen LogP contribution in [0.25, 0.3) is 5.57 Å². The van der Waals surface area contributed by atoms with Gasteiger partial charge >= 0.3 is 0 Å². The second-order valence-electron chi connectivity index (χ2n) is 5.27. The maximum absolute atomic E-state index is 10.1. The molecular formula is C16H20O. The van der Waals surface area contributed by atoms with E-state index < -0.39 is 5.60 Å². The van der Waals surface area contributed by atoms with Crippen molar-refractivity contribution >= 4 is 5.57 Å². The van der Waals surface area contributed by atoms with Gasteiger partial charge in [-0.15, -0.1) is 0 Å². The van der Waals surface area contributed by atoms with Gasteiger partial charge in [-0.05, 0) is 43.0 Å². The Morgan fingerprint density at radius 2 is 1.88 bits per heavy atom. The molecule has 0 aromatic heterocycles. The van der Waals surface area contributed by atoms with Crippen LogP contribution >= 0.6 is 0 Å². The minimum Gasteiger partial charge on any atom is -0.385 e. The number of aryl methyl sites for hydroxylation is 2. The van der Waals surface area contributed by atoms with Crippen LogP contribution < -0.4 is 0 Å². The molecular weight excluding hydrogens is 208 g/mol. The van der Waals surface area contributed by atoms with E-state index in [1.54, 1.807) is 0 Å².